The Morgan fingerprint density at radius 1 is 1.47 bits per heavy atom. The van der Waals surface area contributed by atoms with E-state index in [9.17, 15) is 0 Å². The van der Waals surface area contributed by atoms with Gasteiger partial charge >= 0.3 is 0 Å². The fraction of sp³-hybridized carbons (Fsp3) is 0.500. The van der Waals surface area contributed by atoms with Crippen molar-refractivity contribution in [1.29, 1.82) is 0 Å². The van der Waals surface area contributed by atoms with Crippen molar-refractivity contribution in [1.82, 2.24) is 0 Å². The first-order valence-corrected chi connectivity index (χ1v) is 5.57. The molecule has 3 heteroatoms. The Bertz CT molecular complexity index is 314. The first-order valence-electron chi connectivity index (χ1n) is 5.20. The summed E-state index contributed by atoms with van der Waals surface area (Å²) in [6.07, 6.45) is 2.06. The summed E-state index contributed by atoms with van der Waals surface area (Å²) in [5.74, 6) is 1.33. The quantitative estimate of drug-likeness (QED) is 0.840. The second kappa shape index (κ2) is 5.99. The predicted molar refractivity (Wildman–Crippen MR) is 64.5 cm³/mol. The van der Waals surface area contributed by atoms with Crippen LogP contribution >= 0.6 is 11.6 Å². The third kappa shape index (κ3) is 3.73. The number of ether oxygens (including phenoxy) is 1. The molecule has 0 saturated carbocycles. The minimum absolute atomic E-state index is 0.597. The highest BCUT2D eigenvalue weighted by atomic mass is 35.5. The third-order valence-corrected chi connectivity index (χ3v) is 2.76. The van der Waals surface area contributed by atoms with Crippen LogP contribution in [0.25, 0.3) is 0 Å². The number of benzene rings is 1. The Balaban J connectivity index is 2.66. The van der Waals surface area contributed by atoms with Crippen LogP contribution in [0.4, 0.5) is 0 Å². The highest BCUT2D eigenvalue weighted by molar-refractivity contribution is 6.32. The van der Waals surface area contributed by atoms with Crippen molar-refractivity contribution in [2.45, 2.75) is 19.8 Å². The molecule has 0 saturated heterocycles. The molecular formula is C12H18ClNO. The van der Waals surface area contributed by atoms with E-state index in [1.165, 1.54) is 5.56 Å². The summed E-state index contributed by atoms with van der Waals surface area (Å²) < 4.78 is 5.10. The summed E-state index contributed by atoms with van der Waals surface area (Å²) in [5.41, 5.74) is 6.75. The lowest BCUT2D eigenvalue weighted by Gasteiger charge is -2.11. The lowest BCUT2D eigenvalue weighted by molar-refractivity contribution is 0.414. The second-order valence-electron chi connectivity index (χ2n) is 3.86. The zero-order chi connectivity index (χ0) is 11.3. The van der Waals surface area contributed by atoms with Gasteiger partial charge < -0.3 is 10.5 Å². The van der Waals surface area contributed by atoms with Crippen molar-refractivity contribution in [3.8, 4) is 5.75 Å². The summed E-state index contributed by atoms with van der Waals surface area (Å²) in [7, 11) is 1.62. The van der Waals surface area contributed by atoms with Gasteiger partial charge in [-0.25, -0.2) is 0 Å². The highest BCUT2D eigenvalue weighted by Gasteiger charge is 2.05. The number of halogens is 1. The van der Waals surface area contributed by atoms with Crippen LogP contribution in [0.1, 0.15) is 18.9 Å². The molecule has 1 aromatic carbocycles. The zero-order valence-corrected chi connectivity index (χ0v) is 10.1. The molecule has 0 aliphatic carbocycles. The lowest BCUT2D eigenvalue weighted by atomic mass is 9.98. The molecule has 0 heterocycles. The van der Waals surface area contributed by atoms with Crippen LogP contribution in [0.3, 0.4) is 0 Å². The molecule has 15 heavy (non-hydrogen) atoms. The van der Waals surface area contributed by atoms with Gasteiger partial charge in [0.05, 0.1) is 12.1 Å². The minimum atomic E-state index is 0.597. The van der Waals surface area contributed by atoms with Gasteiger partial charge in [-0.15, -0.1) is 0 Å². The summed E-state index contributed by atoms with van der Waals surface area (Å²) in [4.78, 5) is 0. The van der Waals surface area contributed by atoms with E-state index in [4.69, 9.17) is 22.1 Å². The molecule has 1 aromatic rings. The summed E-state index contributed by atoms with van der Waals surface area (Å²) in [5, 5.41) is 0.676. The first kappa shape index (κ1) is 12.3. The standard InChI is InChI=1S/C12H18ClNO/c1-9(5-6-14)7-10-3-4-12(15-2)11(13)8-10/h3-4,8-9H,5-7,14H2,1-2H3. The van der Waals surface area contributed by atoms with Crippen LogP contribution in [0.15, 0.2) is 18.2 Å². The fourth-order valence-corrected chi connectivity index (χ4v) is 1.91. The molecule has 1 atom stereocenters. The van der Waals surface area contributed by atoms with Crippen molar-refractivity contribution in [3.05, 3.63) is 28.8 Å². The highest BCUT2D eigenvalue weighted by Crippen LogP contribution is 2.26. The van der Waals surface area contributed by atoms with Gasteiger partial charge in [0, 0.05) is 0 Å². The third-order valence-electron chi connectivity index (χ3n) is 2.46. The minimum Gasteiger partial charge on any atom is -0.495 e. The van der Waals surface area contributed by atoms with Crippen LogP contribution in [0.5, 0.6) is 5.75 Å². The lowest BCUT2D eigenvalue weighted by Crippen LogP contribution is -2.08. The number of hydrogen-bond donors (Lipinski definition) is 1. The zero-order valence-electron chi connectivity index (χ0n) is 9.29. The van der Waals surface area contributed by atoms with Gasteiger partial charge in [0.2, 0.25) is 0 Å². The second-order valence-corrected chi connectivity index (χ2v) is 4.26. The molecule has 0 aliphatic rings. The van der Waals surface area contributed by atoms with Gasteiger partial charge in [-0.1, -0.05) is 24.6 Å². The average molecular weight is 228 g/mol. The summed E-state index contributed by atoms with van der Waals surface area (Å²) in [6.45, 7) is 2.94. The topological polar surface area (TPSA) is 35.2 Å². The molecule has 84 valence electrons. The largest absolute Gasteiger partial charge is 0.495 e. The van der Waals surface area contributed by atoms with E-state index in [1.807, 2.05) is 12.1 Å². The molecule has 1 unspecified atom stereocenters. The van der Waals surface area contributed by atoms with E-state index >= 15 is 0 Å². The van der Waals surface area contributed by atoms with Crippen LogP contribution in [0, 0.1) is 5.92 Å². The Hall–Kier alpha value is -0.730. The molecular weight excluding hydrogens is 210 g/mol. The fourth-order valence-electron chi connectivity index (χ4n) is 1.63. The maximum atomic E-state index is 6.04. The van der Waals surface area contributed by atoms with Gasteiger partial charge in [0.1, 0.15) is 5.75 Å². The predicted octanol–water partition coefficient (Wildman–Crippen LogP) is 2.88. The molecule has 0 radical (unpaired) electrons. The Kier molecular flexibility index (Phi) is 4.92. The Morgan fingerprint density at radius 3 is 2.73 bits per heavy atom. The molecule has 0 aliphatic heterocycles. The van der Waals surface area contributed by atoms with Crippen molar-refractivity contribution in [2.24, 2.45) is 11.7 Å². The molecule has 2 nitrogen and oxygen atoms in total. The molecule has 0 amide bonds. The van der Waals surface area contributed by atoms with Crippen molar-refractivity contribution < 1.29 is 4.74 Å². The van der Waals surface area contributed by atoms with E-state index < -0.39 is 0 Å². The number of methoxy groups -OCH3 is 1. The van der Waals surface area contributed by atoms with Crippen molar-refractivity contribution in [3.63, 3.8) is 0 Å². The Morgan fingerprint density at radius 2 is 2.20 bits per heavy atom. The van der Waals surface area contributed by atoms with Crippen molar-refractivity contribution in [2.75, 3.05) is 13.7 Å². The molecule has 0 spiro atoms. The van der Waals surface area contributed by atoms with Crippen molar-refractivity contribution >= 4 is 11.6 Å². The van der Waals surface area contributed by atoms with Gasteiger partial charge in [-0.2, -0.15) is 0 Å². The molecule has 0 bridgehead atoms. The monoisotopic (exact) mass is 227 g/mol. The Labute approximate surface area is 96.4 Å². The number of rotatable bonds is 5. The smallest absolute Gasteiger partial charge is 0.137 e. The first-order chi connectivity index (χ1) is 7.17. The maximum absolute atomic E-state index is 6.04. The van der Waals surface area contributed by atoms with Crippen LogP contribution in [-0.2, 0) is 6.42 Å². The molecule has 1 rings (SSSR count). The van der Waals surface area contributed by atoms with Gasteiger partial charge in [-0.05, 0) is 43.0 Å². The summed E-state index contributed by atoms with van der Waals surface area (Å²) >= 11 is 6.04. The van der Waals surface area contributed by atoms with Crippen LogP contribution in [0.2, 0.25) is 5.02 Å². The summed E-state index contributed by atoms with van der Waals surface area (Å²) in [6, 6.07) is 5.93. The van der Waals surface area contributed by atoms with E-state index in [-0.39, 0.29) is 0 Å². The van der Waals surface area contributed by atoms with E-state index in [0.717, 1.165) is 25.1 Å². The number of hydrogen-bond acceptors (Lipinski definition) is 2. The van der Waals surface area contributed by atoms with E-state index in [2.05, 4.69) is 13.0 Å². The number of nitrogens with two attached hydrogens (primary N) is 1. The van der Waals surface area contributed by atoms with Gasteiger partial charge in [0.15, 0.2) is 0 Å². The van der Waals surface area contributed by atoms with E-state index in [1.54, 1.807) is 7.11 Å². The molecule has 2 N–H and O–H groups in total. The average Bonchev–Trinajstić information content (AvgIpc) is 2.18. The molecule has 0 aromatic heterocycles. The maximum Gasteiger partial charge on any atom is 0.137 e. The SMILES string of the molecule is COc1ccc(CC(C)CCN)cc1Cl. The van der Waals surface area contributed by atoms with Gasteiger partial charge in [0.25, 0.3) is 0 Å². The van der Waals surface area contributed by atoms with Crippen LogP contribution in [-0.4, -0.2) is 13.7 Å². The normalized spacial score (nSPS) is 12.5. The van der Waals surface area contributed by atoms with Crippen LogP contribution < -0.4 is 10.5 Å². The molecule has 0 fully saturated rings. The van der Waals surface area contributed by atoms with E-state index in [0.29, 0.717) is 10.9 Å². The van der Waals surface area contributed by atoms with Gasteiger partial charge in [-0.3, -0.25) is 0 Å².